The van der Waals surface area contributed by atoms with Crippen LogP contribution >= 0.6 is 0 Å². The van der Waals surface area contributed by atoms with Crippen molar-refractivity contribution < 1.29 is 19.2 Å². The van der Waals surface area contributed by atoms with Crippen molar-refractivity contribution in [2.75, 3.05) is 12.8 Å². The predicted octanol–water partition coefficient (Wildman–Crippen LogP) is 0.985. The molecule has 1 rings (SSSR count). The lowest BCUT2D eigenvalue weighted by molar-refractivity contribution is 0.0952. The summed E-state index contributed by atoms with van der Waals surface area (Å²) in [6.07, 6.45) is 2.24. The lowest BCUT2D eigenvalue weighted by atomic mass is 10.2. The van der Waals surface area contributed by atoms with Crippen LogP contribution in [0.25, 0.3) is 0 Å². The molecule has 5 nitrogen and oxygen atoms in total. The Bertz CT molecular complexity index is 441. The average Bonchev–Trinajstić information content (AvgIpc) is 2.27. The van der Waals surface area contributed by atoms with Crippen molar-refractivity contribution >= 4 is 16.7 Å². The second kappa shape index (κ2) is 6.39. The molecule has 2 unspecified atom stereocenters. The van der Waals surface area contributed by atoms with Crippen LogP contribution in [0.4, 0.5) is 0 Å². The van der Waals surface area contributed by atoms with E-state index in [0.717, 1.165) is 6.07 Å². The number of benzene rings is 1. The molecule has 0 bridgehead atoms. The minimum atomic E-state index is -0.908. The van der Waals surface area contributed by atoms with Crippen molar-refractivity contribution in [1.82, 2.24) is 5.32 Å². The summed E-state index contributed by atoms with van der Waals surface area (Å²) in [7, 11) is -0.908. The number of hydrogen-bond donors (Lipinski definition) is 3. The molecular formula is C12H17NO4S. The summed E-state index contributed by atoms with van der Waals surface area (Å²) < 4.78 is 11.1. The van der Waals surface area contributed by atoms with Crippen LogP contribution in [0.15, 0.2) is 18.2 Å². The van der Waals surface area contributed by atoms with E-state index in [0.29, 0.717) is 13.0 Å². The molecule has 3 N–H and O–H groups in total. The van der Waals surface area contributed by atoms with Gasteiger partial charge >= 0.3 is 0 Å². The maximum Gasteiger partial charge on any atom is 0.251 e. The molecule has 0 aliphatic heterocycles. The molecular weight excluding hydrogens is 254 g/mol. The van der Waals surface area contributed by atoms with Crippen molar-refractivity contribution in [2.45, 2.75) is 18.6 Å². The monoisotopic (exact) mass is 271 g/mol. The summed E-state index contributed by atoms with van der Waals surface area (Å²) in [5.41, 5.74) is 0.192. The molecule has 0 aromatic heterocycles. The van der Waals surface area contributed by atoms with Gasteiger partial charge in [0.05, 0.1) is 0 Å². The average molecular weight is 271 g/mol. The van der Waals surface area contributed by atoms with E-state index in [2.05, 4.69) is 5.32 Å². The Balaban J connectivity index is 2.53. The highest BCUT2D eigenvalue weighted by Gasteiger charge is 2.10. The van der Waals surface area contributed by atoms with Gasteiger partial charge in [0.1, 0.15) is 11.5 Å². The minimum absolute atomic E-state index is 0.0166. The fraction of sp³-hybridized carbons (Fsp3) is 0.417. The largest absolute Gasteiger partial charge is 0.508 e. The number of hydrogen-bond acceptors (Lipinski definition) is 4. The first-order chi connectivity index (χ1) is 8.40. The Hall–Kier alpha value is -1.56. The van der Waals surface area contributed by atoms with Crippen LogP contribution in [0.2, 0.25) is 0 Å². The van der Waals surface area contributed by atoms with Crippen LogP contribution in [0.1, 0.15) is 23.7 Å². The number of amides is 1. The Kier molecular flexibility index (Phi) is 5.15. The minimum Gasteiger partial charge on any atom is -0.508 e. The maximum atomic E-state index is 11.7. The van der Waals surface area contributed by atoms with Crippen LogP contribution < -0.4 is 5.32 Å². The number of aromatic hydroxyl groups is 2. The SMILES string of the molecule is CC(CCNC(=O)c1cc(O)cc(O)c1)S(C)=O. The predicted molar refractivity (Wildman–Crippen MR) is 70.3 cm³/mol. The number of carbonyl (C=O) groups excluding carboxylic acids is 1. The molecule has 0 saturated carbocycles. The van der Waals surface area contributed by atoms with Crippen LogP contribution in [0.3, 0.4) is 0 Å². The Labute approximate surface area is 108 Å². The summed E-state index contributed by atoms with van der Waals surface area (Å²) in [6.45, 7) is 2.25. The maximum absolute atomic E-state index is 11.7. The molecule has 100 valence electrons. The molecule has 2 atom stereocenters. The third-order valence-corrected chi connectivity index (χ3v) is 3.94. The molecule has 0 aliphatic carbocycles. The fourth-order valence-corrected chi connectivity index (χ4v) is 1.83. The lowest BCUT2D eigenvalue weighted by Crippen LogP contribution is -2.27. The van der Waals surface area contributed by atoms with Crippen LogP contribution in [0.5, 0.6) is 11.5 Å². The fourth-order valence-electron chi connectivity index (χ4n) is 1.38. The van der Waals surface area contributed by atoms with E-state index in [-0.39, 0.29) is 28.2 Å². The summed E-state index contributed by atoms with van der Waals surface area (Å²) in [5.74, 6) is -0.707. The van der Waals surface area contributed by atoms with Gasteiger partial charge in [0, 0.05) is 40.5 Å². The molecule has 0 saturated heterocycles. The van der Waals surface area contributed by atoms with Gasteiger partial charge in [-0.2, -0.15) is 0 Å². The zero-order valence-electron chi connectivity index (χ0n) is 10.3. The van der Waals surface area contributed by atoms with Gasteiger partial charge in [-0.05, 0) is 18.6 Å². The highest BCUT2D eigenvalue weighted by molar-refractivity contribution is 7.84. The molecule has 1 aromatic carbocycles. The van der Waals surface area contributed by atoms with Crippen molar-refractivity contribution in [2.24, 2.45) is 0 Å². The highest BCUT2D eigenvalue weighted by atomic mass is 32.2. The molecule has 0 spiro atoms. The Morgan fingerprint density at radius 2 is 1.89 bits per heavy atom. The topological polar surface area (TPSA) is 86.6 Å². The van der Waals surface area contributed by atoms with Crippen molar-refractivity contribution in [3.8, 4) is 11.5 Å². The van der Waals surface area contributed by atoms with E-state index < -0.39 is 10.8 Å². The zero-order chi connectivity index (χ0) is 13.7. The standard InChI is InChI=1S/C12H17NO4S/c1-8(18(2)17)3-4-13-12(16)9-5-10(14)7-11(15)6-9/h5-8,14-15H,3-4H2,1-2H3,(H,13,16). The normalized spacial score (nSPS) is 13.9. The molecule has 6 heteroatoms. The van der Waals surface area contributed by atoms with Crippen molar-refractivity contribution in [3.63, 3.8) is 0 Å². The zero-order valence-corrected chi connectivity index (χ0v) is 11.2. The number of phenols is 2. The summed E-state index contributed by atoms with van der Waals surface area (Å²) in [5, 5.41) is 21.2. The molecule has 0 fully saturated rings. The van der Waals surface area contributed by atoms with Gasteiger partial charge in [-0.15, -0.1) is 0 Å². The molecule has 18 heavy (non-hydrogen) atoms. The summed E-state index contributed by atoms with van der Waals surface area (Å²) in [4.78, 5) is 11.7. The molecule has 0 aliphatic rings. The lowest BCUT2D eigenvalue weighted by Gasteiger charge is -2.09. The second-order valence-electron chi connectivity index (χ2n) is 4.09. The van der Waals surface area contributed by atoms with Gasteiger partial charge in [0.25, 0.3) is 5.91 Å². The van der Waals surface area contributed by atoms with Gasteiger partial charge in [-0.1, -0.05) is 6.92 Å². The van der Waals surface area contributed by atoms with Crippen LogP contribution in [-0.4, -0.2) is 38.4 Å². The van der Waals surface area contributed by atoms with Gasteiger partial charge in [0.2, 0.25) is 0 Å². The van der Waals surface area contributed by atoms with E-state index in [1.165, 1.54) is 12.1 Å². The van der Waals surface area contributed by atoms with E-state index in [1.54, 1.807) is 6.26 Å². The number of carbonyl (C=O) groups is 1. The molecule has 0 heterocycles. The second-order valence-corrected chi connectivity index (χ2v) is 5.89. The Morgan fingerprint density at radius 3 is 2.39 bits per heavy atom. The first-order valence-electron chi connectivity index (χ1n) is 5.53. The van der Waals surface area contributed by atoms with Crippen LogP contribution in [0, 0.1) is 0 Å². The van der Waals surface area contributed by atoms with Crippen molar-refractivity contribution in [1.29, 1.82) is 0 Å². The van der Waals surface area contributed by atoms with Gasteiger partial charge in [0.15, 0.2) is 0 Å². The van der Waals surface area contributed by atoms with Gasteiger partial charge in [-0.25, -0.2) is 0 Å². The third-order valence-electron chi connectivity index (χ3n) is 2.57. The smallest absolute Gasteiger partial charge is 0.251 e. The van der Waals surface area contributed by atoms with Gasteiger partial charge < -0.3 is 15.5 Å². The molecule has 0 radical (unpaired) electrons. The van der Waals surface area contributed by atoms with E-state index in [4.69, 9.17) is 0 Å². The van der Waals surface area contributed by atoms with Gasteiger partial charge in [-0.3, -0.25) is 9.00 Å². The summed E-state index contributed by atoms with van der Waals surface area (Å²) in [6, 6.07) is 3.70. The van der Waals surface area contributed by atoms with Crippen LogP contribution in [-0.2, 0) is 10.8 Å². The van der Waals surface area contributed by atoms with Crippen molar-refractivity contribution in [3.05, 3.63) is 23.8 Å². The quantitative estimate of drug-likeness (QED) is 0.745. The van der Waals surface area contributed by atoms with E-state index in [1.807, 2.05) is 6.92 Å². The first-order valence-corrected chi connectivity index (χ1v) is 7.15. The molecule has 1 amide bonds. The summed E-state index contributed by atoms with van der Waals surface area (Å²) >= 11 is 0. The number of rotatable bonds is 5. The first kappa shape index (κ1) is 14.5. The highest BCUT2D eigenvalue weighted by Crippen LogP contribution is 2.20. The Morgan fingerprint density at radius 1 is 1.33 bits per heavy atom. The van der Waals surface area contributed by atoms with E-state index in [9.17, 15) is 19.2 Å². The van der Waals surface area contributed by atoms with E-state index >= 15 is 0 Å². The number of phenolic OH excluding ortho intramolecular Hbond substituents is 2. The third kappa shape index (κ3) is 4.37. The number of nitrogens with one attached hydrogen (secondary N) is 1. The molecule has 1 aromatic rings.